The summed E-state index contributed by atoms with van der Waals surface area (Å²) >= 11 is 1.99. The summed E-state index contributed by atoms with van der Waals surface area (Å²) in [7, 11) is 0. The number of imidazole rings is 1. The van der Waals surface area contributed by atoms with E-state index in [1.54, 1.807) is 6.26 Å². The minimum absolute atomic E-state index is 0.463. The van der Waals surface area contributed by atoms with Crippen molar-refractivity contribution in [2.24, 2.45) is 0 Å². The van der Waals surface area contributed by atoms with Gasteiger partial charge in [0.05, 0.1) is 6.26 Å². The van der Waals surface area contributed by atoms with Crippen LogP contribution in [0.4, 0.5) is 0 Å². The van der Waals surface area contributed by atoms with Crippen LogP contribution in [0.25, 0.3) is 22.7 Å². The van der Waals surface area contributed by atoms with Crippen LogP contribution in [0.15, 0.2) is 41.1 Å². The van der Waals surface area contributed by atoms with E-state index in [1.807, 2.05) is 42.2 Å². The van der Waals surface area contributed by atoms with Gasteiger partial charge in [0.2, 0.25) is 0 Å². The number of aromatic nitrogens is 3. The van der Waals surface area contributed by atoms with Gasteiger partial charge >= 0.3 is 0 Å². The van der Waals surface area contributed by atoms with E-state index in [-0.39, 0.29) is 0 Å². The molecule has 0 aliphatic carbocycles. The molecule has 0 amide bonds. The van der Waals surface area contributed by atoms with Crippen molar-refractivity contribution in [3.63, 3.8) is 0 Å². The number of furan rings is 1. The Balaban J connectivity index is 1.98. The Morgan fingerprint density at radius 2 is 2.32 bits per heavy atom. The predicted molar refractivity (Wildman–Crippen MR) is 76.2 cm³/mol. The zero-order chi connectivity index (χ0) is 12.7. The molecule has 1 aliphatic heterocycles. The Morgan fingerprint density at radius 3 is 3.11 bits per heavy atom. The molecular formula is C14H13N3OS. The second-order valence-electron chi connectivity index (χ2n) is 4.65. The monoisotopic (exact) mass is 271 g/mol. The van der Waals surface area contributed by atoms with Crippen LogP contribution in [0.1, 0.15) is 12.5 Å². The lowest BCUT2D eigenvalue weighted by Gasteiger charge is -2.13. The van der Waals surface area contributed by atoms with Gasteiger partial charge in [0, 0.05) is 18.0 Å². The first-order valence-corrected chi connectivity index (χ1v) is 7.53. The number of fused-ring (bicyclic) bond motifs is 1. The van der Waals surface area contributed by atoms with Crippen molar-refractivity contribution in [1.82, 2.24) is 14.5 Å². The van der Waals surface area contributed by atoms with Gasteiger partial charge in [-0.2, -0.15) is 11.8 Å². The third-order valence-electron chi connectivity index (χ3n) is 3.46. The number of hydrogen-bond donors (Lipinski definition) is 0. The maximum atomic E-state index is 5.53. The summed E-state index contributed by atoms with van der Waals surface area (Å²) in [5, 5.41) is 0. The van der Waals surface area contributed by atoms with E-state index in [1.165, 1.54) is 12.2 Å². The second kappa shape index (κ2) is 4.42. The van der Waals surface area contributed by atoms with Crippen LogP contribution in [-0.2, 0) is 0 Å². The molecule has 4 heterocycles. The van der Waals surface area contributed by atoms with Crippen LogP contribution in [0, 0.1) is 0 Å². The number of pyridine rings is 1. The Morgan fingerprint density at radius 1 is 1.32 bits per heavy atom. The van der Waals surface area contributed by atoms with Gasteiger partial charge in [0.15, 0.2) is 17.2 Å². The Bertz CT molecular complexity index is 699. The van der Waals surface area contributed by atoms with Crippen LogP contribution in [0.5, 0.6) is 0 Å². The molecule has 4 nitrogen and oxygen atoms in total. The number of rotatable bonds is 2. The minimum Gasteiger partial charge on any atom is -0.461 e. The van der Waals surface area contributed by atoms with Crippen molar-refractivity contribution in [3.05, 3.63) is 36.7 Å². The van der Waals surface area contributed by atoms with Gasteiger partial charge in [-0.15, -0.1) is 0 Å². The SMILES string of the molecule is c1coc(-c2nc3cccnc3n2C2CCSC2)c1. The molecule has 0 N–H and O–H groups in total. The van der Waals surface area contributed by atoms with E-state index in [0.29, 0.717) is 6.04 Å². The molecule has 1 unspecified atom stereocenters. The van der Waals surface area contributed by atoms with Gasteiger partial charge in [0.25, 0.3) is 0 Å². The highest BCUT2D eigenvalue weighted by Crippen LogP contribution is 2.34. The summed E-state index contributed by atoms with van der Waals surface area (Å²) in [6.45, 7) is 0. The van der Waals surface area contributed by atoms with Crippen molar-refractivity contribution in [2.75, 3.05) is 11.5 Å². The molecule has 0 spiro atoms. The second-order valence-corrected chi connectivity index (χ2v) is 5.80. The van der Waals surface area contributed by atoms with Gasteiger partial charge in [-0.05, 0) is 36.4 Å². The molecule has 0 bridgehead atoms. The minimum atomic E-state index is 0.463. The fourth-order valence-corrected chi connectivity index (χ4v) is 3.77. The molecule has 5 heteroatoms. The van der Waals surface area contributed by atoms with Crippen LogP contribution in [-0.4, -0.2) is 26.0 Å². The van der Waals surface area contributed by atoms with Crippen LogP contribution >= 0.6 is 11.8 Å². The smallest absolute Gasteiger partial charge is 0.178 e. The Hall–Kier alpha value is -1.75. The normalized spacial score (nSPS) is 19.3. The van der Waals surface area contributed by atoms with E-state index in [2.05, 4.69) is 9.55 Å². The lowest BCUT2D eigenvalue weighted by molar-refractivity contribution is 0.542. The van der Waals surface area contributed by atoms with Crippen molar-refractivity contribution >= 4 is 22.9 Å². The largest absolute Gasteiger partial charge is 0.461 e. The lowest BCUT2D eigenvalue weighted by atomic mass is 10.2. The van der Waals surface area contributed by atoms with Crippen molar-refractivity contribution in [2.45, 2.75) is 12.5 Å². The fourth-order valence-electron chi connectivity index (χ4n) is 2.58. The summed E-state index contributed by atoms with van der Waals surface area (Å²) in [5.41, 5.74) is 1.90. The van der Waals surface area contributed by atoms with Gasteiger partial charge in [-0.25, -0.2) is 9.97 Å². The molecule has 1 saturated heterocycles. The number of hydrogen-bond acceptors (Lipinski definition) is 4. The van der Waals surface area contributed by atoms with Gasteiger partial charge in [-0.1, -0.05) is 0 Å². The molecule has 3 aromatic heterocycles. The standard InChI is InChI=1S/C14H13N3OS/c1-3-11-13(15-6-1)17(10-5-8-19-9-10)14(16-11)12-4-2-7-18-12/h1-4,6-7,10H,5,8-9H2. The molecule has 96 valence electrons. The van der Waals surface area contributed by atoms with Crippen molar-refractivity contribution in [1.29, 1.82) is 0 Å². The van der Waals surface area contributed by atoms with E-state index in [4.69, 9.17) is 9.40 Å². The van der Waals surface area contributed by atoms with Gasteiger partial charge in [0.1, 0.15) is 5.52 Å². The molecule has 1 atom stereocenters. The van der Waals surface area contributed by atoms with E-state index in [0.717, 1.165) is 28.5 Å². The van der Waals surface area contributed by atoms with Crippen LogP contribution < -0.4 is 0 Å². The van der Waals surface area contributed by atoms with Crippen LogP contribution in [0.2, 0.25) is 0 Å². The Kier molecular flexibility index (Phi) is 2.58. The third-order valence-corrected chi connectivity index (χ3v) is 4.61. The molecule has 0 saturated carbocycles. The topological polar surface area (TPSA) is 43.9 Å². The molecule has 19 heavy (non-hydrogen) atoms. The van der Waals surface area contributed by atoms with Crippen LogP contribution in [0.3, 0.4) is 0 Å². The third kappa shape index (κ3) is 1.76. The quantitative estimate of drug-likeness (QED) is 0.716. The first-order chi connectivity index (χ1) is 9.43. The molecule has 1 aliphatic rings. The molecule has 3 aromatic rings. The molecule has 0 radical (unpaired) electrons. The molecular weight excluding hydrogens is 258 g/mol. The summed E-state index contributed by atoms with van der Waals surface area (Å²) < 4.78 is 7.78. The van der Waals surface area contributed by atoms with E-state index < -0.39 is 0 Å². The Labute approximate surface area is 114 Å². The van der Waals surface area contributed by atoms with E-state index in [9.17, 15) is 0 Å². The van der Waals surface area contributed by atoms with Crippen molar-refractivity contribution in [3.8, 4) is 11.6 Å². The zero-order valence-corrected chi connectivity index (χ0v) is 11.1. The average Bonchev–Trinajstić information content (AvgIpc) is 3.17. The van der Waals surface area contributed by atoms with Gasteiger partial charge < -0.3 is 8.98 Å². The molecule has 0 aromatic carbocycles. The highest BCUT2D eigenvalue weighted by Gasteiger charge is 2.25. The lowest BCUT2D eigenvalue weighted by Crippen LogP contribution is -2.09. The number of nitrogens with zero attached hydrogens (tertiary/aromatic N) is 3. The van der Waals surface area contributed by atoms with Crippen molar-refractivity contribution < 1.29 is 4.42 Å². The summed E-state index contributed by atoms with van der Waals surface area (Å²) in [6.07, 6.45) is 4.69. The average molecular weight is 271 g/mol. The summed E-state index contributed by atoms with van der Waals surface area (Å²) in [4.78, 5) is 9.20. The first-order valence-electron chi connectivity index (χ1n) is 6.38. The number of thioether (sulfide) groups is 1. The van der Waals surface area contributed by atoms with E-state index >= 15 is 0 Å². The fraction of sp³-hybridized carbons (Fsp3) is 0.286. The van der Waals surface area contributed by atoms with Gasteiger partial charge in [-0.3, -0.25) is 0 Å². The summed E-state index contributed by atoms with van der Waals surface area (Å²) in [5.74, 6) is 4.03. The summed E-state index contributed by atoms with van der Waals surface area (Å²) in [6, 6.07) is 8.25. The first kappa shape index (κ1) is 11.1. The highest BCUT2D eigenvalue weighted by atomic mass is 32.2. The highest BCUT2D eigenvalue weighted by molar-refractivity contribution is 7.99. The zero-order valence-electron chi connectivity index (χ0n) is 10.3. The molecule has 1 fully saturated rings. The molecule has 4 rings (SSSR count). The maximum absolute atomic E-state index is 5.53. The maximum Gasteiger partial charge on any atom is 0.178 e. The predicted octanol–water partition coefficient (Wildman–Crippen LogP) is 3.37.